The van der Waals surface area contributed by atoms with E-state index in [9.17, 15) is 9.59 Å². The van der Waals surface area contributed by atoms with Crippen LogP contribution in [0, 0.1) is 0 Å². The average Bonchev–Trinajstić information content (AvgIpc) is 2.38. The number of benzene rings is 1. The van der Waals surface area contributed by atoms with Crippen LogP contribution in [0.5, 0.6) is 5.75 Å². The minimum absolute atomic E-state index is 0.305. The molecular formula is C14H14O5. The van der Waals surface area contributed by atoms with Crippen LogP contribution in [0.4, 0.5) is 0 Å². The lowest BCUT2D eigenvalue weighted by Gasteiger charge is -2.13. The fourth-order valence-corrected chi connectivity index (χ4v) is 1.63. The summed E-state index contributed by atoms with van der Waals surface area (Å²) in [6.45, 7) is 3.64. The highest BCUT2D eigenvalue weighted by Gasteiger charge is 2.15. The van der Waals surface area contributed by atoms with Crippen LogP contribution in [-0.2, 0) is 9.53 Å². The molecule has 1 atom stereocenters. The van der Waals surface area contributed by atoms with E-state index in [1.165, 1.54) is 6.07 Å². The summed E-state index contributed by atoms with van der Waals surface area (Å²) in [7, 11) is 0. The summed E-state index contributed by atoms with van der Waals surface area (Å²) < 4.78 is 15.3. The van der Waals surface area contributed by atoms with Crippen LogP contribution >= 0.6 is 0 Å². The Labute approximate surface area is 109 Å². The Hall–Kier alpha value is -2.30. The Kier molecular flexibility index (Phi) is 3.85. The van der Waals surface area contributed by atoms with E-state index in [1.807, 2.05) is 0 Å². The third kappa shape index (κ3) is 3.13. The minimum Gasteiger partial charge on any atom is -0.479 e. The molecule has 0 saturated heterocycles. The van der Waals surface area contributed by atoms with Gasteiger partial charge in [0.05, 0.1) is 6.61 Å². The molecule has 0 spiro atoms. The van der Waals surface area contributed by atoms with E-state index >= 15 is 0 Å². The van der Waals surface area contributed by atoms with Crippen molar-refractivity contribution in [2.75, 3.05) is 6.61 Å². The molecule has 1 aromatic heterocycles. The van der Waals surface area contributed by atoms with E-state index < -0.39 is 17.7 Å². The van der Waals surface area contributed by atoms with Crippen LogP contribution in [0.15, 0.2) is 39.5 Å². The fraction of sp³-hybridized carbons (Fsp3) is 0.286. The molecule has 0 aliphatic carbocycles. The lowest BCUT2D eigenvalue weighted by molar-refractivity contribution is -0.150. The zero-order valence-electron chi connectivity index (χ0n) is 10.7. The first kappa shape index (κ1) is 13.1. The number of fused-ring (bicyclic) bond motifs is 1. The van der Waals surface area contributed by atoms with Gasteiger partial charge in [0.2, 0.25) is 0 Å². The van der Waals surface area contributed by atoms with Crippen LogP contribution in [-0.4, -0.2) is 18.7 Å². The summed E-state index contributed by atoms with van der Waals surface area (Å²) in [6.07, 6.45) is -0.715. The highest BCUT2D eigenvalue weighted by atomic mass is 16.6. The van der Waals surface area contributed by atoms with Gasteiger partial charge in [-0.2, -0.15) is 0 Å². The average molecular weight is 262 g/mol. The van der Waals surface area contributed by atoms with Crippen molar-refractivity contribution in [2.24, 2.45) is 0 Å². The van der Waals surface area contributed by atoms with Gasteiger partial charge >= 0.3 is 11.6 Å². The molecule has 0 radical (unpaired) electrons. The summed E-state index contributed by atoms with van der Waals surface area (Å²) in [5.41, 5.74) is -0.0100. The van der Waals surface area contributed by atoms with Gasteiger partial charge in [-0.15, -0.1) is 0 Å². The van der Waals surface area contributed by atoms with Crippen molar-refractivity contribution in [1.29, 1.82) is 0 Å². The van der Waals surface area contributed by atoms with Crippen molar-refractivity contribution in [2.45, 2.75) is 20.0 Å². The number of carbonyl (C=O) groups excluding carboxylic acids is 1. The van der Waals surface area contributed by atoms with Crippen LogP contribution in [0.3, 0.4) is 0 Å². The molecule has 2 aromatic rings. The molecular weight excluding hydrogens is 248 g/mol. The van der Waals surface area contributed by atoms with Gasteiger partial charge in [-0.3, -0.25) is 0 Å². The van der Waals surface area contributed by atoms with E-state index in [0.29, 0.717) is 17.9 Å². The lowest BCUT2D eigenvalue weighted by Crippen LogP contribution is -2.26. The van der Waals surface area contributed by atoms with Gasteiger partial charge in [0.1, 0.15) is 11.3 Å². The molecule has 0 aliphatic heterocycles. The van der Waals surface area contributed by atoms with Crippen molar-refractivity contribution in [3.8, 4) is 5.75 Å². The Morgan fingerprint density at radius 1 is 1.32 bits per heavy atom. The van der Waals surface area contributed by atoms with Crippen LogP contribution < -0.4 is 10.4 Å². The van der Waals surface area contributed by atoms with E-state index in [-0.39, 0.29) is 0 Å². The smallest absolute Gasteiger partial charge is 0.347 e. The van der Waals surface area contributed by atoms with Crippen molar-refractivity contribution in [3.63, 3.8) is 0 Å². The van der Waals surface area contributed by atoms with Gasteiger partial charge in [0.15, 0.2) is 6.10 Å². The number of ether oxygens (including phenoxy) is 2. The Balaban J connectivity index is 2.21. The molecule has 5 heteroatoms. The van der Waals surface area contributed by atoms with Crippen molar-refractivity contribution in [1.82, 2.24) is 0 Å². The van der Waals surface area contributed by atoms with Gasteiger partial charge in [-0.1, -0.05) is 0 Å². The normalized spacial score (nSPS) is 12.1. The van der Waals surface area contributed by atoms with Gasteiger partial charge in [0.25, 0.3) is 0 Å². The third-order valence-corrected chi connectivity index (χ3v) is 2.53. The number of hydrogen-bond donors (Lipinski definition) is 0. The monoisotopic (exact) mass is 262 g/mol. The molecule has 2 rings (SSSR count). The molecule has 0 saturated carbocycles. The van der Waals surface area contributed by atoms with Gasteiger partial charge in [-0.05, 0) is 32.0 Å². The zero-order valence-corrected chi connectivity index (χ0v) is 10.7. The fourth-order valence-electron chi connectivity index (χ4n) is 1.63. The van der Waals surface area contributed by atoms with Crippen molar-refractivity contribution < 1.29 is 18.7 Å². The molecule has 0 amide bonds. The first-order chi connectivity index (χ1) is 9.10. The predicted octanol–water partition coefficient (Wildman–Crippen LogP) is 2.12. The van der Waals surface area contributed by atoms with Crippen LogP contribution in [0.2, 0.25) is 0 Å². The molecule has 0 bridgehead atoms. The maximum absolute atomic E-state index is 11.4. The second kappa shape index (κ2) is 5.56. The SMILES string of the molecule is CCOC(=O)[C@@H](C)Oc1ccc2ccc(=O)oc2c1. The minimum atomic E-state index is -0.715. The first-order valence-electron chi connectivity index (χ1n) is 5.97. The highest BCUT2D eigenvalue weighted by Crippen LogP contribution is 2.20. The maximum atomic E-state index is 11.4. The molecule has 1 aromatic carbocycles. The second-order valence-electron chi connectivity index (χ2n) is 3.97. The van der Waals surface area contributed by atoms with E-state index in [2.05, 4.69) is 0 Å². The summed E-state index contributed by atoms with van der Waals surface area (Å²) in [6, 6.07) is 8.06. The highest BCUT2D eigenvalue weighted by molar-refractivity contribution is 5.78. The first-order valence-corrected chi connectivity index (χ1v) is 5.97. The van der Waals surface area contributed by atoms with Gasteiger partial charge < -0.3 is 13.9 Å². The van der Waals surface area contributed by atoms with Crippen LogP contribution in [0.1, 0.15) is 13.8 Å². The molecule has 0 fully saturated rings. The number of carbonyl (C=O) groups is 1. The summed E-state index contributed by atoms with van der Waals surface area (Å²) in [4.78, 5) is 22.6. The van der Waals surface area contributed by atoms with Crippen molar-refractivity contribution >= 4 is 16.9 Å². The van der Waals surface area contributed by atoms with Gasteiger partial charge in [-0.25, -0.2) is 9.59 Å². The van der Waals surface area contributed by atoms with E-state index in [1.54, 1.807) is 38.1 Å². The van der Waals surface area contributed by atoms with Crippen LogP contribution in [0.25, 0.3) is 11.0 Å². The largest absolute Gasteiger partial charge is 0.479 e. The lowest BCUT2D eigenvalue weighted by atomic mass is 10.2. The number of esters is 1. The second-order valence-corrected chi connectivity index (χ2v) is 3.97. The molecule has 1 heterocycles. The molecule has 5 nitrogen and oxygen atoms in total. The summed E-state index contributed by atoms with van der Waals surface area (Å²) >= 11 is 0. The molecule has 0 unspecified atom stereocenters. The molecule has 100 valence electrons. The Bertz CT molecular complexity index is 644. The molecule has 19 heavy (non-hydrogen) atoms. The van der Waals surface area contributed by atoms with Gasteiger partial charge in [0, 0.05) is 17.5 Å². The zero-order chi connectivity index (χ0) is 13.8. The predicted molar refractivity (Wildman–Crippen MR) is 69.2 cm³/mol. The van der Waals surface area contributed by atoms with E-state index in [0.717, 1.165) is 5.39 Å². The third-order valence-electron chi connectivity index (χ3n) is 2.53. The molecule has 0 N–H and O–H groups in total. The summed E-state index contributed by atoms with van der Waals surface area (Å²) in [5.74, 6) is 0.0134. The Morgan fingerprint density at radius 2 is 2.05 bits per heavy atom. The number of hydrogen-bond acceptors (Lipinski definition) is 5. The standard InChI is InChI=1S/C14H14O5/c1-3-17-14(16)9(2)18-11-6-4-10-5-7-13(15)19-12(10)8-11/h4-9H,3H2,1-2H3/t9-/m1/s1. The Morgan fingerprint density at radius 3 is 2.79 bits per heavy atom. The number of rotatable bonds is 4. The quantitative estimate of drug-likeness (QED) is 0.623. The molecule has 0 aliphatic rings. The van der Waals surface area contributed by atoms with Crippen molar-refractivity contribution in [3.05, 3.63) is 40.8 Å². The summed E-state index contributed by atoms with van der Waals surface area (Å²) in [5, 5.41) is 0.788. The van der Waals surface area contributed by atoms with E-state index in [4.69, 9.17) is 13.9 Å². The topological polar surface area (TPSA) is 65.7 Å². The maximum Gasteiger partial charge on any atom is 0.347 e.